The quantitative estimate of drug-likeness (QED) is 0.377. The van der Waals surface area contributed by atoms with Crippen LogP contribution in [0.15, 0.2) is 29.3 Å². The van der Waals surface area contributed by atoms with Crippen LogP contribution in [-0.4, -0.2) is 50.3 Å². The van der Waals surface area contributed by atoms with Crippen molar-refractivity contribution >= 4 is 41.5 Å². The molecule has 0 aliphatic carbocycles. The molecule has 1 heterocycles. The summed E-state index contributed by atoms with van der Waals surface area (Å²) >= 11 is 6.10. The maximum atomic E-state index is 12.4. The summed E-state index contributed by atoms with van der Waals surface area (Å²) in [7, 11) is 1.66. The lowest BCUT2D eigenvalue weighted by molar-refractivity contribution is -0.143. The average molecular weight is 491 g/mol. The van der Waals surface area contributed by atoms with Crippen LogP contribution in [0.5, 0.6) is 0 Å². The highest BCUT2D eigenvalue weighted by Crippen LogP contribution is 2.22. The fourth-order valence-electron chi connectivity index (χ4n) is 2.76. The highest BCUT2D eigenvalue weighted by Gasteiger charge is 2.34. The van der Waals surface area contributed by atoms with Crippen LogP contribution in [0.3, 0.4) is 0 Å². The van der Waals surface area contributed by atoms with Crippen LogP contribution in [0.1, 0.15) is 12.0 Å². The van der Waals surface area contributed by atoms with E-state index in [4.69, 9.17) is 11.6 Å². The second-order valence-electron chi connectivity index (χ2n) is 5.90. The van der Waals surface area contributed by atoms with Crippen LogP contribution in [-0.2, 0) is 6.54 Å². The molecule has 1 aliphatic rings. The largest absolute Gasteiger partial charge is 0.401 e. The summed E-state index contributed by atoms with van der Waals surface area (Å²) in [4.78, 5) is 5.58. The van der Waals surface area contributed by atoms with Gasteiger partial charge in [-0.25, -0.2) is 0 Å². The predicted octanol–water partition coefficient (Wildman–Crippen LogP) is 3.51. The topological polar surface area (TPSA) is 39.7 Å². The highest BCUT2D eigenvalue weighted by atomic mass is 127. The SMILES string of the molecule is CN=C(NCc1ccccc1Cl)NCC1CCN(CC(F)(F)F)C1.I. The van der Waals surface area contributed by atoms with Gasteiger partial charge in [0.2, 0.25) is 0 Å². The van der Waals surface area contributed by atoms with Gasteiger partial charge in [-0.3, -0.25) is 9.89 Å². The molecule has 0 bridgehead atoms. The van der Waals surface area contributed by atoms with E-state index in [2.05, 4.69) is 15.6 Å². The number of nitrogens with one attached hydrogen (secondary N) is 2. The molecule has 142 valence electrons. The van der Waals surface area contributed by atoms with E-state index < -0.39 is 12.7 Å². The van der Waals surface area contributed by atoms with E-state index in [9.17, 15) is 13.2 Å². The zero-order chi connectivity index (χ0) is 17.6. The second kappa shape index (κ2) is 10.4. The predicted molar refractivity (Wildman–Crippen MR) is 106 cm³/mol. The third kappa shape index (κ3) is 8.00. The summed E-state index contributed by atoms with van der Waals surface area (Å²) in [5, 5.41) is 7.01. The molecule has 0 saturated carbocycles. The van der Waals surface area contributed by atoms with Gasteiger partial charge in [-0.15, -0.1) is 24.0 Å². The number of aliphatic imine (C=N–C) groups is 1. The lowest BCUT2D eigenvalue weighted by Crippen LogP contribution is -2.40. The Hall–Kier alpha value is -0.740. The molecule has 1 aromatic rings. The molecule has 0 aromatic heterocycles. The van der Waals surface area contributed by atoms with Crippen molar-refractivity contribution in [3.05, 3.63) is 34.9 Å². The molecule has 25 heavy (non-hydrogen) atoms. The van der Waals surface area contributed by atoms with Crippen LogP contribution < -0.4 is 10.6 Å². The zero-order valence-electron chi connectivity index (χ0n) is 13.9. The number of rotatable bonds is 5. The third-order valence-electron chi connectivity index (χ3n) is 3.96. The molecule has 0 radical (unpaired) electrons. The van der Waals surface area contributed by atoms with Gasteiger partial charge in [0.1, 0.15) is 0 Å². The normalized spacial score (nSPS) is 18.8. The molecule has 1 saturated heterocycles. The average Bonchev–Trinajstić information content (AvgIpc) is 2.94. The molecule has 9 heteroatoms. The molecular formula is C16H23ClF3IN4. The fourth-order valence-corrected chi connectivity index (χ4v) is 2.96. The molecule has 0 spiro atoms. The molecule has 2 rings (SSSR count). The summed E-state index contributed by atoms with van der Waals surface area (Å²) in [6.07, 6.45) is -3.38. The highest BCUT2D eigenvalue weighted by molar-refractivity contribution is 14.0. The molecule has 1 fully saturated rings. The number of nitrogens with zero attached hydrogens (tertiary/aromatic N) is 2. The van der Waals surface area contributed by atoms with Gasteiger partial charge in [0.05, 0.1) is 6.54 Å². The minimum atomic E-state index is -4.13. The van der Waals surface area contributed by atoms with Crippen molar-refractivity contribution in [1.29, 1.82) is 0 Å². The van der Waals surface area contributed by atoms with Gasteiger partial charge in [-0.1, -0.05) is 29.8 Å². The van der Waals surface area contributed by atoms with Crippen molar-refractivity contribution in [1.82, 2.24) is 15.5 Å². The van der Waals surface area contributed by atoms with Crippen molar-refractivity contribution in [2.75, 3.05) is 33.2 Å². The Morgan fingerprint density at radius 3 is 2.68 bits per heavy atom. The Balaban J connectivity index is 0.00000312. The van der Waals surface area contributed by atoms with E-state index >= 15 is 0 Å². The first kappa shape index (κ1) is 22.3. The summed E-state index contributed by atoms with van der Waals surface area (Å²) < 4.78 is 37.2. The summed E-state index contributed by atoms with van der Waals surface area (Å²) in [6, 6.07) is 7.52. The molecule has 0 amide bonds. The molecular weight excluding hydrogens is 468 g/mol. The molecule has 1 aliphatic heterocycles. The van der Waals surface area contributed by atoms with Crippen molar-refractivity contribution in [3.8, 4) is 0 Å². The first-order chi connectivity index (χ1) is 11.4. The van der Waals surface area contributed by atoms with Crippen molar-refractivity contribution < 1.29 is 13.2 Å². The number of guanidine groups is 1. The zero-order valence-corrected chi connectivity index (χ0v) is 17.0. The first-order valence-corrected chi connectivity index (χ1v) is 8.22. The van der Waals surface area contributed by atoms with Gasteiger partial charge in [0.15, 0.2) is 5.96 Å². The van der Waals surface area contributed by atoms with Crippen LogP contribution in [0.4, 0.5) is 13.2 Å². The molecule has 4 nitrogen and oxygen atoms in total. The van der Waals surface area contributed by atoms with Crippen molar-refractivity contribution in [2.45, 2.75) is 19.1 Å². The van der Waals surface area contributed by atoms with E-state index in [1.165, 1.54) is 4.90 Å². The van der Waals surface area contributed by atoms with Gasteiger partial charge >= 0.3 is 6.18 Å². The van der Waals surface area contributed by atoms with Crippen molar-refractivity contribution in [2.24, 2.45) is 10.9 Å². The summed E-state index contributed by atoms with van der Waals surface area (Å²) in [5.74, 6) is 0.801. The standard InChI is InChI=1S/C16H22ClF3N4.HI/c1-21-15(23-9-13-4-2-3-5-14(13)17)22-8-12-6-7-24(10-12)11-16(18,19)20;/h2-5,12H,6-11H2,1H3,(H2,21,22,23);1H. The van der Waals surface area contributed by atoms with Crippen LogP contribution >= 0.6 is 35.6 Å². The smallest absolute Gasteiger partial charge is 0.356 e. The number of likely N-dealkylation sites (tertiary alicyclic amines) is 1. The Morgan fingerprint density at radius 1 is 1.32 bits per heavy atom. The Labute approximate surface area is 168 Å². The number of alkyl halides is 3. The van der Waals surface area contributed by atoms with Crippen LogP contribution in [0.2, 0.25) is 5.02 Å². The maximum Gasteiger partial charge on any atom is 0.401 e. The fraction of sp³-hybridized carbons (Fsp3) is 0.562. The van der Waals surface area contributed by atoms with E-state index in [0.29, 0.717) is 37.2 Å². The number of benzene rings is 1. The Kier molecular flexibility index (Phi) is 9.29. The lowest BCUT2D eigenvalue weighted by atomic mass is 10.1. The maximum absolute atomic E-state index is 12.4. The van der Waals surface area contributed by atoms with Gasteiger partial charge in [0, 0.05) is 31.7 Å². The van der Waals surface area contributed by atoms with Gasteiger partial charge < -0.3 is 10.6 Å². The third-order valence-corrected chi connectivity index (χ3v) is 4.33. The number of halogens is 5. The minimum Gasteiger partial charge on any atom is -0.356 e. The van der Waals surface area contributed by atoms with E-state index in [1.807, 2.05) is 24.3 Å². The van der Waals surface area contributed by atoms with Crippen LogP contribution in [0, 0.1) is 5.92 Å². The monoisotopic (exact) mass is 490 g/mol. The summed E-state index contributed by atoms with van der Waals surface area (Å²) in [6.45, 7) is 1.23. The van der Waals surface area contributed by atoms with Gasteiger partial charge in [0.25, 0.3) is 0 Å². The lowest BCUT2D eigenvalue weighted by Gasteiger charge is -2.18. The molecule has 1 atom stereocenters. The van der Waals surface area contributed by atoms with E-state index in [0.717, 1.165) is 12.0 Å². The molecule has 2 N–H and O–H groups in total. The Bertz CT molecular complexity index is 569. The minimum absolute atomic E-state index is 0. The van der Waals surface area contributed by atoms with E-state index in [1.54, 1.807) is 7.05 Å². The second-order valence-corrected chi connectivity index (χ2v) is 6.31. The van der Waals surface area contributed by atoms with E-state index in [-0.39, 0.29) is 29.9 Å². The molecule has 1 aromatic carbocycles. The van der Waals surface area contributed by atoms with Crippen LogP contribution in [0.25, 0.3) is 0 Å². The Morgan fingerprint density at radius 2 is 2.04 bits per heavy atom. The number of hydrogen-bond acceptors (Lipinski definition) is 2. The first-order valence-electron chi connectivity index (χ1n) is 7.84. The molecule has 1 unspecified atom stereocenters. The van der Waals surface area contributed by atoms with Gasteiger partial charge in [-0.05, 0) is 30.5 Å². The summed E-state index contributed by atoms with van der Waals surface area (Å²) in [5.41, 5.74) is 0.958. The number of hydrogen-bond donors (Lipinski definition) is 2. The van der Waals surface area contributed by atoms with Crippen molar-refractivity contribution in [3.63, 3.8) is 0 Å². The van der Waals surface area contributed by atoms with Gasteiger partial charge in [-0.2, -0.15) is 13.2 Å².